The van der Waals surface area contributed by atoms with E-state index >= 15 is 0 Å². The van der Waals surface area contributed by atoms with Crippen LogP contribution in [0, 0.1) is 0 Å². The molecular formula is C24H28N4O4S. The lowest BCUT2D eigenvalue weighted by Gasteiger charge is -2.47. The maximum absolute atomic E-state index is 13.5. The monoisotopic (exact) mass is 468 g/mol. The average Bonchev–Trinajstić information content (AvgIpc) is 2.81. The van der Waals surface area contributed by atoms with Crippen LogP contribution < -0.4 is 10.6 Å². The van der Waals surface area contributed by atoms with Crippen LogP contribution in [-0.4, -0.2) is 53.5 Å². The number of aromatic hydroxyl groups is 2. The highest BCUT2D eigenvalue weighted by Crippen LogP contribution is 2.38. The first kappa shape index (κ1) is 22.9. The third-order valence-electron chi connectivity index (χ3n) is 5.89. The van der Waals surface area contributed by atoms with E-state index in [4.69, 9.17) is 0 Å². The summed E-state index contributed by atoms with van der Waals surface area (Å²) in [6, 6.07) is 11.5. The van der Waals surface area contributed by atoms with Crippen LogP contribution in [0.1, 0.15) is 24.0 Å². The highest BCUT2D eigenvalue weighted by molar-refractivity contribution is 8.15. The average molecular weight is 469 g/mol. The molecule has 0 spiro atoms. The van der Waals surface area contributed by atoms with Crippen LogP contribution in [0.25, 0.3) is 12.2 Å². The topological polar surface area (TPSA) is 128 Å². The van der Waals surface area contributed by atoms with Gasteiger partial charge in [-0.1, -0.05) is 18.2 Å². The number of nitrogens with one attached hydrogen (secondary N) is 2. The van der Waals surface area contributed by atoms with Gasteiger partial charge >= 0.3 is 0 Å². The maximum Gasteiger partial charge on any atom is 0.227 e. The molecule has 8 nitrogen and oxygen atoms in total. The van der Waals surface area contributed by atoms with Gasteiger partial charge in [0.25, 0.3) is 0 Å². The van der Waals surface area contributed by atoms with Crippen molar-refractivity contribution in [3.63, 3.8) is 0 Å². The molecule has 9 heteroatoms. The van der Waals surface area contributed by atoms with Gasteiger partial charge < -0.3 is 20.8 Å². The molecule has 0 atom stereocenters. The summed E-state index contributed by atoms with van der Waals surface area (Å²) in [5.41, 5.74) is 2.21. The van der Waals surface area contributed by atoms with Crippen molar-refractivity contribution in [3.8, 4) is 11.5 Å². The molecular weight excluding hydrogens is 440 g/mol. The number of aromatic nitrogens is 2. The van der Waals surface area contributed by atoms with Gasteiger partial charge in [0.1, 0.15) is 0 Å². The number of phenolic OH excluding ortho intramolecular Hbond substituents is 2. The lowest BCUT2D eigenvalue weighted by molar-refractivity contribution is 0.403. The zero-order valence-electron chi connectivity index (χ0n) is 18.3. The molecule has 33 heavy (non-hydrogen) atoms. The fourth-order valence-electron chi connectivity index (χ4n) is 3.87. The highest BCUT2D eigenvalue weighted by atomic mass is 32.3. The van der Waals surface area contributed by atoms with Gasteiger partial charge in [-0.05, 0) is 67.9 Å². The number of anilines is 2. The third kappa shape index (κ3) is 5.22. The molecule has 0 amide bonds. The van der Waals surface area contributed by atoms with Gasteiger partial charge in [0, 0.05) is 29.9 Å². The van der Waals surface area contributed by atoms with E-state index in [9.17, 15) is 19.0 Å². The normalized spacial score (nSPS) is 16.4. The molecule has 4 rings (SSSR count). The summed E-state index contributed by atoms with van der Waals surface area (Å²) < 4.78 is 24.6. The van der Waals surface area contributed by atoms with E-state index in [1.54, 1.807) is 54.9 Å². The molecule has 3 aromatic rings. The SMILES string of the molecule is CS(=O)(O)(c1ccc(Nc2ncc(/C=C/c3ccc(O)c(O)c3)cn2)cc1)C1CCNCC1. The zero-order chi connectivity index (χ0) is 23.5. The Balaban J connectivity index is 1.42. The highest BCUT2D eigenvalue weighted by Gasteiger charge is 2.35. The van der Waals surface area contributed by atoms with Gasteiger partial charge in [0.05, 0.1) is 10.1 Å². The van der Waals surface area contributed by atoms with E-state index in [1.165, 1.54) is 18.4 Å². The summed E-state index contributed by atoms with van der Waals surface area (Å²) in [6.07, 6.45) is 9.72. The minimum atomic E-state index is -3.93. The van der Waals surface area contributed by atoms with Crippen molar-refractivity contribution in [2.75, 3.05) is 24.7 Å². The molecule has 0 radical (unpaired) electrons. The molecule has 1 aromatic heterocycles. The molecule has 0 bridgehead atoms. The number of hydrogen-bond donors (Lipinski definition) is 5. The molecule has 1 aliphatic heterocycles. The lowest BCUT2D eigenvalue weighted by Crippen LogP contribution is -2.48. The second-order valence-electron chi connectivity index (χ2n) is 8.38. The van der Waals surface area contributed by atoms with Crippen LogP contribution >= 0.6 is 0 Å². The van der Waals surface area contributed by atoms with Gasteiger partial charge in [-0.25, -0.2) is 14.2 Å². The van der Waals surface area contributed by atoms with Crippen LogP contribution in [0.3, 0.4) is 0 Å². The predicted molar refractivity (Wildman–Crippen MR) is 131 cm³/mol. The van der Waals surface area contributed by atoms with Crippen LogP contribution in [0.2, 0.25) is 0 Å². The van der Waals surface area contributed by atoms with Gasteiger partial charge in [0.2, 0.25) is 5.95 Å². The van der Waals surface area contributed by atoms with Crippen molar-refractivity contribution in [1.82, 2.24) is 15.3 Å². The molecule has 2 heterocycles. The fraction of sp³-hybridized carbons (Fsp3) is 0.250. The zero-order valence-corrected chi connectivity index (χ0v) is 19.1. The molecule has 1 aliphatic rings. The predicted octanol–water partition coefficient (Wildman–Crippen LogP) is 3.84. The van der Waals surface area contributed by atoms with E-state index < -0.39 is 9.35 Å². The van der Waals surface area contributed by atoms with Gasteiger partial charge in [-0.15, -0.1) is 0 Å². The summed E-state index contributed by atoms with van der Waals surface area (Å²) >= 11 is 0. The Morgan fingerprint density at radius 1 is 0.970 bits per heavy atom. The van der Waals surface area contributed by atoms with Crippen molar-refractivity contribution in [3.05, 3.63) is 66.0 Å². The summed E-state index contributed by atoms with van der Waals surface area (Å²) in [7, 11) is -3.93. The van der Waals surface area contributed by atoms with Gasteiger partial charge in [-0.3, -0.25) is 4.55 Å². The Kier molecular flexibility index (Phi) is 6.20. The molecule has 0 aliphatic carbocycles. The minimum Gasteiger partial charge on any atom is -0.504 e. The summed E-state index contributed by atoms with van der Waals surface area (Å²) in [6.45, 7) is 1.51. The van der Waals surface area contributed by atoms with Crippen LogP contribution in [-0.2, 0) is 9.35 Å². The second kappa shape index (κ2) is 8.93. The van der Waals surface area contributed by atoms with E-state index in [0.717, 1.165) is 29.9 Å². The Labute approximate surface area is 192 Å². The smallest absolute Gasteiger partial charge is 0.227 e. The lowest BCUT2D eigenvalue weighted by atomic mass is 10.1. The van der Waals surface area contributed by atoms with E-state index in [-0.39, 0.29) is 16.7 Å². The third-order valence-corrected chi connectivity index (χ3v) is 9.36. The van der Waals surface area contributed by atoms with Crippen molar-refractivity contribution in [2.24, 2.45) is 0 Å². The van der Waals surface area contributed by atoms with E-state index in [1.807, 2.05) is 0 Å². The van der Waals surface area contributed by atoms with Crippen molar-refractivity contribution in [2.45, 2.75) is 23.0 Å². The van der Waals surface area contributed by atoms with Crippen molar-refractivity contribution in [1.29, 1.82) is 0 Å². The first-order valence-corrected chi connectivity index (χ1v) is 13.1. The molecule has 1 fully saturated rings. The molecule has 0 unspecified atom stereocenters. The summed E-state index contributed by atoms with van der Waals surface area (Å²) in [5.74, 6) is 0.0565. The number of hydrogen-bond acceptors (Lipinski definition) is 7. The van der Waals surface area contributed by atoms with Crippen LogP contribution in [0.4, 0.5) is 11.6 Å². The largest absolute Gasteiger partial charge is 0.504 e. The molecule has 1 saturated heterocycles. The minimum absolute atomic E-state index is 0.166. The maximum atomic E-state index is 13.5. The number of rotatable bonds is 6. The first-order valence-electron chi connectivity index (χ1n) is 10.7. The van der Waals surface area contributed by atoms with Gasteiger partial charge in [0.15, 0.2) is 11.5 Å². The summed E-state index contributed by atoms with van der Waals surface area (Å²) in [5, 5.41) is 25.0. The second-order valence-corrected chi connectivity index (χ2v) is 12.2. The number of phenols is 2. The Morgan fingerprint density at radius 2 is 1.61 bits per heavy atom. The molecule has 0 saturated carbocycles. The van der Waals surface area contributed by atoms with Crippen LogP contribution in [0.5, 0.6) is 11.5 Å². The quantitative estimate of drug-likeness (QED) is 0.345. The summed E-state index contributed by atoms with van der Waals surface area (Å²) in [4.78, 5) is 9.05. The van der Waals surface area contributed by atoms with Gasteiger partial charge in [-0.2, -0.15) is 9.35 Å². The molecule has 5 N–H and O–H groups in total. The Morgan fingerprint density at radius 3 is 2.24 bits per heavy atom. The van der Waals surface area contributed by atoms with Crippen molar-refractivity contribution >= 4 is 33.1 Å². The number of piperidine rings is 1. The first-order chi connectivity index (χ1) is 15.7. The molecule has 2 aromatic carbocycles. The Bertz CT molecular complexity index is 1210. The Hall–Kier alpha value is -3.27. The van der Waals surface area contributed by atoms with E-state index in [2.05, 4.69) is 20.6 Å². The number of benzene rings is 2. The van der Waals surface area contributed by atoms with E-state index in [0.29, 0.717) is 23.7 Å². The fourth-order valence-corrected chi connectivity index (χ4v) is 6.40. The standard InChI is InChI=1S/C24H28N4O4S/c1-33(31,32,21-10-12-25-13-11-21)20-7-5-19(6-8-20)28-24-26-15-18(16-27-24)3-2-17-4-9-22(29)23(30)14-17/h2-9,14-16,21,25,29-30H,10-13H2,1H3,(H,31,32)(H,26,27,28)/b3-2+. The van der Waals surface area contributed by atoms with Crippen molar-refractivity contribution < 1.29 is 19.0 Å². The molecule has 174 valence electrons. The van der Waals surface area contributed by atoms with Crippen LogP contribution in [0.15, 0.2) is 59.8 Å². The number of nitrogens with zero attached hydrogens (tertiary/aromatic N) is 2.